The maximum atomic E-state index is 12.5. The van der Waals surface area contributed by atoms with Gasteiger partial charge in [0.15, 0.2) is 5.78 Å². The number of Topliss-reactive ketones (excluding diaryl/α,β-unsaturated/α-hetero) is 1. The summed E-state index contributed by atoms with van der Waals surface area (Å²) in [5.41, 5.74) is 1.45. The Morgan fingerprint density at radius 2 is 1.96 bits per heavy atom. The Morgan fingerprint density at radius 1 is 1.20 bits per heavy atom. The van der Waals surface area contributed by atoms with E-state index in [0.29, 0.717) is 41.9 Å². The molecular formula is C20H22O5. The number of aliphatic hydroxyl groups excluding tert-OH is 1. The van der Waals surface area contributed by atoms with Crippen LogP contribution in [0.3, 0.4) is 0 Å². The van der Waals surface area contributed by atoms with Crippen molar-refractivity contribution >= 4 is 5.78 Å². The summed E-state index contributed by atoms with van der Waals surface area (Å²) in [5, 5.41) is 30.5. The molecule has 2 atom stereocenters. The molecule has 0 aromatic heterocycles. The van der Waals surface area contributed by atoms with Gasteiger partial charge in [-0.25, -0.2) is 0 Å². The monoisotopic (exact) mass is 342 g/mol. The Morgan fingerprint density at radius 3 is 2.64 bits per heavy atom. The summed E-state index contributed by atoms with van der Waals surface area (Å²) < 4.78 is 5.93. The number of phenolic OH excluding ortho intramolecular Hbond substituents is 2. The van der Waals surface area contributed by atoms with Gasteiger partial charge >= 0.3 is 0 Å². The van der Waals surface area contributed by atoms with Gasteiger partial charge in [0.2, 0.25) is 0 Å². The third kappa shape index (κ3) is 3.07. The first-order chi connectivity index (χ1) is 11.9. The second-order valence-corrected chi connectivity index (χ2v) is 6.48. The molecule has 1 aliphatic rings. The number of aliphatic hydroxyl groups is 1. The minimum atomic E-state index is -0.605. The van der Waals surface area contributed by atoms with Crippen LogP contribution < -0.4 is 4.74 Å². The van der Waals surface area contributed by atoms with E-state index in [1.54, 1.807) is 31.2 Å². The maximum absolute atomic E-state index is 12.5. The topological polar surface area (TPSA) is 87.0 Å². The number of ketones is 1. The van der Waals surface area contributed by atoms with Crippen LogP contribution in [0.4, 0.5) is 0 Å². The quantitative estimate of drug-likeness (QED) is 0.713. The standard InChI is InChI=1S/C20H22O5/c1-3-5-14(22)19-16(24)9-8-12-13(10-11(2)21)18-15(23)6-4-7-17(18)25-20(12)19/h4,6-9,11,13,21,23-24H,3,5,10H2,1-2H3/t11-,13-/m1/s1. The van der Waals surface area contributed by atoms with Crippen LogP contribution in [0.2, 0.25) is 0 Å². The van der Waals surface area contributed by atoms with Gasteiger partial charge in [-0.05, 0) is 38.0 Å². The predicted octanol–water partition coefficient (Wildman–Crippen LogP) is 4.09. The number of fused-ring (bicyclic) bond motifs is 2. The molecule has 0 saturated heterocycles. The Kier molecular flexibility index (Phi) is 4.68. The van der Waals surface area contributed by atoms with Crippen molar-refractivity contribution < 1.29 is 24.9 Å². The molecule has 0 saturated carbocycles. The van der Waals surface area contributed by atoms with Gasteiger partial charge in [-0.1, -0.05) is 19.1 Å². The van der Waals surface area contributed by atoms with Crippen LogP contribution in [0.5, 0.6) is 23.0 Å². The zero-order valence-corrected chi connectivity index (χ0v) is 14.3. The zero-order chi connectivity index (χ0) is 18.1. The van der Waals surface area contributed by atoms with Crippen molar-refractivity contribution in [3.05, 3.63) is 47.0 Å². The van der Waals surface area contributed by atoms with E-state index in [9.17, 15) is 20.1 Å². The van der Waals surface area contributed by atoms with E-state index in [2.05, 4.69) is 0 Å². The number of phenols is 2. The normalized spacial score (nSPS) is 16.5. The molecule has 3 rings (SSSR count). The molecule has 0 spiro atoms. The van der Waals surface area contributed by atoms with Gasteiger partial charge in [-0.15, -0.1) is 0 Å². The number of carbonyl (C=O) groups is 1. The summed E-state index contributed by atoms with van der Waals surface area (Å²) in [6, 6.07) is 8.12. The molecule has 0 amide bonds. The van der Waals surface area contributed by atoms with Crippen molar-refractivity contribution in [3.8, 4) is 23.0 Å². The highest BCUT2D eigenvalue weighted by Gasteiger charge is 2.34. The first-order valence-electron chi connectivity index (χ1n) is 8.50. The van der Waals surface area contributed by atoms with Crippen molar-refractivity contribution in [1.29, 1.82) is 0 Å². The molecule has 25 heavy (non-hydrogen) atoms. The van der Waals surface area contributed by atoms with Crippen LogP contribution in [0.1, 0.15) is 60.5 Å². The summed E-state index contributed by atoms with van der Waals surface area (Å²) in [7, 11) is 0. The molecule has 2 aromatic carbocycles. The van der Waals surface area contributed by atoms with E-state index >= 15 is 0 Å². The second kappa shape index (κ2) is 6.76. The fraction of sp³-hybridized carbons (Fsp3) is 0.350. The molecule has 1 aliphatic heterocycles. The molecule has 5 heteroatoms. The lowest BCUT2D eigenvalue weighted by atomic mass is 9.82. The summed E-state index contributed by atoms with van der Waals surface area (Å²) in [4.78, 5) is 12.5. The molecular weight excluding hydrogens is 320 g/mol. The van der Waals surface area contributed by atoms with Gasteiger partial charge in [0.05, 0.1) is 6.10 Å². The molecule has 3 N–H and O–H groups in total. The molecule has 5 nitrogen and oxygen atoms in total. The number of carbonyl (C=O) groups excluding carboxylic acids is 1. The summed E-state index contributed by atoms with van der Waals surface area (Å²) in [6.07, 6.45) is 0.734. The van der Waals surface area contributed by atoms with Crippen LogP contribution >= 0.6 is 0 Å². The van der Waals surface area contributed by atoms with E-state index in [-0.39, 0.29) is 28.8 Å². The van der Waals surface area contributed by atoms with Gasteiger partial charge in [-0.3, -0.25) is 4.79 Å². The number of aromatic hydroxyl groups is 2. The summed E-state index contributed by atoms with van der Waals surface area (Å²) >= 11 is 0. The number of rotatable bonds is 5. The third-order valence-electron chi connectivity index (χ3n) is 4.48. The second-order valence-electron chi connectivity index (χ2n) is 6.48. The maximum Gasteiger partial charge on any atom is 0.170 e. The highest BCUT2D eigenvalue weighted by Crippen LogP contribution is 2.52. The molecule has 0 fully saturated rings. The fourth-order valence-electron chi connectivity index (χ4n) is 3.42. The van der Waals surface area contributed by atoms with E-state index in [1.165, 1.54) is 6.07 Å². The minimum absolute atomic E-state index is 0.0864. The van der Waals surface area contributed by atoms with Crippen LogP contribution in [0.25, 0.3) is 0 Å². The number of benzene rings is 2. The summed E-state index contributed by atoms with van der Waals surface area (Å²) in [6.45, 7) is 3.58. The SMILES string of the molecule is CCCC(=O)c1c(O)ccc2c1Oc1cccc(O)c1[C@@H]2C[C@@H](C)O. The molecule has 0 bridgehead atoms. The van der Waals surface area contributed by atoms with E-state index in [1.807, 2.05) is 6.92 Å². The van der Waals surface area contributed by atoms with Crippen molar-refractivity contribution in [2.45, 2.75) is 45.1 Å². The molecule has 132 valence electrons. The largest absolute Gasteiger partial charge is 0.508 e. The first kappa shape index (κ1) is 17.3. The van der Waals surface area contributed by atoms with Gasteiger partial charge < -0.3 is 20.1 Å². The predicted molar refractivity (Wildman–Crippen MR) is 93.7 cm³/mol. The third-order valence-corrected chi connectivity index (χ3v) is 4.48. The van der Waals surface area contributed by atoms with Crippen LogP contribution in [-0.4, -0.2) is 27.2 Å². The van der Waals surface area contributed by atoms with Crippen molar-refractivity contribution in [1.82, 2.24) is 0 Å². The van der Waals surface area contributed by atoms with Gasteiger partial charge in [0, 0.05) is 23.5 Å². The summed E-state index contributed by atoms with van der Waals surface area (Å²) in [5.74, 6) is 0.224. The average Bonchev–Trinajstić information content (AvgIpc) is 2.54. The Hall–Kier alpha value is -2.53. The van der Waals surface area contributed by atoms with Crippen LogP contribution in [-0.2, 0) is 0 Å². The van der Waals surface area contributed by atoms with Gasteiger partial charge in [-0.2, -0.15) is 0 Å². The highest BCUT2D eigenvalue weighted by atomic mass is 16.5. The van der Waals surface area contributed by atoms with Gasteiger partial charge in [0.1, 0.15) is 28.6 Å². The lowest BCUT2D eigenvalue weighted by Gasteiger charge is -2.31. The average molecular weight is 342 g/mol. The van der Waals surface area contributed by atoms with Crippen molar-refractivity contribution in [2.24, 2.45) is 0 Å². The molecule has 0 unspecified atom stereocenters. The number of ether oxygens (including phenoxy) is 1. The number of hydrogen-bond acceptors (Lipinski definition) is 5. The smallest absolute Gasteiger partial charge is 0.170 e. The van der Waals surface area contributed by atoms with Crippen LogP contribution in [0, 0.1) is 0 Å². The zero-order valence-electron chi connectivity index (χ0n) is 14.3. The van der Waals surface area contributed by atoms with E-state index in [0.717, 1.165) is 0 Å². The molecule has 0 radical (unpaired) electrons. The fourth-order valence-corrected chi connectivity index (χ4v) is 3.42. The molecule has 1 heterocycles. The Labute approximate surface area is 146 Å². The van der Waals surface area contributed by atoms with Crippen LogP contribution in [0.15, 0.2) is 30.3 Å². The van der Waals surface area contributed by atoms with Gasteiger partial charge in [0.25, 0.3) is 0 Å². The lowest BCUT2D eigenvalue weighted by Crippen LogP contribution is -2.17. The first-order valence-corrected chi connectivity index (χ1v) is 8.50. The highest BCUT2D eigenvalue weighted by molar-refractivity contribution is 6.02. The number of hydrogen-bond donors (Lipinski definition) is 3. The lowest BCUT2D eigenvalue weighted by molar-refractivity contribution is 0.0976. The Balaban J connectivity index is 2.21. The van der Waals surface area contributed by atoms with Crippen molar-refractivity contribution in [3.63, 3.8) is 0 Å². The molecule has 0 aliphatic carbocycles. The minimum Gasteiger partial charge on any atom is -0.508 e. The van der Waals surface area contributed by atoms with Crippen molar-refractivity contribution in [2.75, 3.05) is 0 Å². The molecule has 2 aromatic rings. The Bertz CT molecular complexity index is 810. The van der Waals surface area contributed by atoms with E-state index < -0.39 is 6.10 Å². The van der Waals surface area contributed by atoms with E-state index in [4.69, 9.17) is 4.74 Å².